The van der Waals surface area contributed by atoms with Gasteiger partial charge in [-0.3, -0.25) is 0 Å². The van der Waals surface area contributed by atoms with Gasteiger partial charge in [-0.25, -0.2) is 4.98 Å². The molecule has 0 saturated carbocycles. The Morgan fingerprint density at radius 1 is 0.704 bits per heavy atom. The Hall–Kier alpha value is -3.66. The average Bonchev–Trinajstić information content (AvgIpc) is 3.31. The van der Waals surface area contributed by atoms with Crippen molar-refractivity contribution in [3.05, 3.63) is 102 Å². The van der Waals surface area contributed by atoms with Crippen molar-refractivity contribution in [2.75, 3.05) is 0 Å². The Morgan fingerprint density at radius 2 is 1.30 bits per heavy atom. The molecule has 130 valence electrons. The van der Waals surface area contributed by atoms with Gasteiger partial charge in [0.15, 0.2) is 5.82 Å². The van der Waals surface area contributed by atoms with Gasteiger partial charge in [0.1, 0.15) is 5.69 Å². The molecule has 0 fully saturated rings. The predicted octanol–water partition coefficient (Wildman–Crippen LogP) is 5.25. The summed E-state index contributed by atoms with van der Waals surface area (Å²) in [7, 11) is 0. The first kappa shape index (κ1) is 15.6. The van der Waals surface area contributed by atoms with E-state index in [0.29, 0.717) is 18.0 Å². The van der Waals surface area contributed by atoms with E-state index in [9.17, 15) is 0 Å². The predicted molar refractivity (Wildman–Crippen MR) is 105 cm³/mol. The summed E-state index contributed by atoms with van der Waals surface area (Å²) in [6, 6.07) is 30.3. The van der Waals surface area contributed by atoms with Gasteiger partial charge in [0.25, 0.3) is 0 Å². The zero-order valence-electron chi connectivity index (χ0n) is 14.6. The average molecular weight is 351 g/mol. The van der Waals surface area contributed by atoms with Gasteiger partial charge < -0.3 is 4.42 Å². The number of aromatic nitrogens is 3. The minimum atomic E-state index is 0.597. The van der Waals surface area contributed by atoms with Crippen LogP contribution in [0, 0.1) is 0 Å². The molecule has 0 bridgehead atoms. The molecule has 0 spiro atoms. The highest BCUT2D eigenvalue weighted by Crippen LogP contribution is 2.28. The lowest BCUT2D eigenvalue weighted by atomic mass is 10.1. The molecular formula is C23H17N3O. The number of hydrogen-bond acceptors (Lipinski definition) is 3. The van der Waals surface area contributed by atoms with E-state index < -0.39 is 0 Å². The summed E-state index contributed by atoms with van der Waals surface area (Å²) in [5.41, 5.74) is 4.73. The van der Waals surface area contributed by atoms with Gasteiger partial charge in [0.2, 0.25) is 11.6 Å². The molecule has 4 nitrogen and oxygen atoms in total. The summed E-state index contributed by atoms with van der Waals surface area (Å²) in [4.78, 5) is 4.86. The third-order valence-electron chi connectivity index (χ3n) is 4.53. The van der Waals surface area contributed by atoms with Crippen LogP contribution >= 0.6 is 0 Å². The molecular weight excluding hydrogens is 334 g/mol. The minimum absolute atomic E-state index is 0.597. The first-order chi connectivity index (χ1) is 13.4. The Bertz CT molecular complexity index is 1180. The molecule has 0 amide bonds. The van der Waals surface area contributed by atoms with E-state index in [4.69, 9.17) is 14.5 Å². The van der Waals surface area contributed by atoms with Gasteiger partial charge in [-0.05, 0) is 17.7 Å². The molecule has 27 heavy (non-hydrogen) atoms. The number of fused-ring (bicyclic) bond motifs is 1. The zero-order valence-corrected chi connectivity index (χ0v) is 14.6. The maximum atomic E-state index is 6.15. The maximum absolute atomic E-state index is 6.15. The number of rotatable bonds is 4. The number of hydrogen-bond donors (Lipinski definition) is 0. The molecule has 0 saturated heterocycles. The van der Waals surface area contributed by atoms with Gasteiger partial charge >= 0.3 is 0 Å². The number of imidazole rings is 1. The van der Waals surface area contributed by atoms with Gasteiger partial charge in [0.05, 0.1) is 0 Å². The van der Waals surface area contributed by atoms with Crippen LogP contribution in [0.3, 0.4) is 0 Å². The SMILES string of the molecule is c1ccc(Cc2nc(-c3ccccc3)n3nc(-c4ccccc4)oc23)cc1. The molecule has 0 unspecified atom stereocenters. The third-order valence-corrected chi connectivity index (χ3v) is 4.53. The summed E-state index contributed by atoms with van der Waals surface area (Å²) >= 11 is 0. The monoisotopic (exact) mass is 351 g/mol. The van der Waals surface area contributed by atoms with Crippen molar-refractivity contribution in [2.24, 2.45) is 0 Å². The van der Waals surface area contributed by atoms with Crippen LogP contribution in [0.5, 0.6) is 0 Å². The van der Waals surface area contributed by atoms with E-state index in [1.165, 1.54) is 5.56 Å². The molecule has 0 aliphatic rings. The summed E-state index contributed by atoms with van der Waals surface area (Å²) in [6.07, 6.45) is 0.695. The molecule has 5 rings (SSSR count). The van der Waals surface area contributed by atoms with Gasteiger partial charge in [-0.15, -0.1) is 5.10 Å². The molecule has 0 aliphatic carbocycles. The second kappa shape index (κ2) is 6.57. The molecule has 2 aromatic heterocycles. The van der Waals surface area contributed by atoms with Gasteiger partial charge in [0, 0.05) is 17.5 Å². The Morgan fingerprint density at radius 3 is 1.96 bits per heavy atom. The Balaban J connectivity index is 1.68. The number of nitrogens with zero attached hydrogens (tertiary/aromatic N) is 3. The molecule has 0 aliphatic heterocycles. The first-order valence-corrected chi connectivity index (χ1v) is 8.92. The van der Waals surface area contributed by atoms with Crippen molar-refractivity contribution in [3.63, 3.8) is 0 Å². The topological polar surface area (TPSA) is 43.3 Å². The fraction of sp³-hybridized carbons (Fsp3) is 0.0435. The van der Waals surface area contributed by atoms with E-state index in [2.05, 4.69) is 12.1 Å². The van der Waals surface area contributed by atoms with Gasteiger partial charge in [-0.1, -0.05) is 78.9 Å². The van der Waals surface area contributed by atoms with E-state index >= 15 is 0 Å². The first-order valence-electron chi connectivity index (χ1n) is 8.92. The summed E-state index contributed by atoms with van der Waals surface area (Å²) in [5.74, 6) is 1.39. The third kappa shape index (κ3) is 2.91. The summed E-state index contributed by atoms with van der Waals surface area (Å²) < 4.78 is 7.96. The zero-order chi connectivity index (χ0) is 18.1. The largest absolute Gasteiger partial charge is 0.416 e. The highest BCUT2D eigenvalue weighted by molar-refractivity contribution is 5.64. The normalized spacial score (nSPS) is 11.1. The van der Waals surface area contributed by atoms with Gasteiger partial charge in [-0.2, -0.15) is 4.52 Å². The Kier molecular flexibility index (Phi) is 3.79. The van der Waals surface area contributed by atoms with E-state index in [1.807, 2.05) is 83.4 Å². The van der Waals surface area contributed by atoms with Crippen molar-refractivity contribution in [2.45, 2.75) is 6.42 Å². The van der Waals surface area contributed by atoms with Crippen molar-refractivity contribution in [3.8, 4) is 22.8 Å². The van der Waals surface area contributed by atoms with E-state index in [1.54, 1.807) is 0 Å². The highest BCUT2D eigenvalue weighted by atomic mass is 16.4. The molecule has 5 aromatic rings. The lowest BCUT2D eigenvalue weighted by Crippen LogP contribution is -1.91. The van der Waals surface area contributed by atoms with E-state index in [-0.39, 0.29) is 0 Å². The van der Waals surface area contributed by atoms with Crippen molar-refractivity contribution in [1.82, 2.24) is 14.6 Å². The highest BCUT2D eigenvalue weighted by Gasteiger charge is 2.20. The second-order valence-electron chi connectivity index (χ2n) is 6.40. The van der Waals surface area contributed by atoms with Crippen LogP contribution in [0.4, 0.5) is 0 Å². The summed E-state index contributed by atoms with van der Waals surface area (Å²) in [5, 5.41) is 4.71. The van der Waals surface area contributed by atoms with Crippen LogP contribution < -0.4 is 0 Å². The van der Waals surface area contributed by atoms with Crippen LogP contribution in [0.25, 0.3) is 28.6 Å². The maximum Gasteiger partial charge on any atom is 0.246 e. The molecule has 2 heterocycles. The van der Waals surface area contributed by atoms with Crippen LogP contribution in [0.15, 0.2) is 95.4 Å². The molecule has 0 N–H and O–H groups in total. The van der Waals surface area contributed by atoms with Crippen molar-refractivity contribution >= 4 is 5.71 Å². The second-order valence-corrected chi connectivity index (χ2v) is 6.40. The minimum Gasteiger partial charge on any atom is -0.416 e. The lowest BCUT2D eigenvalue weighted by Gasteiger charge is -1.98. The molecule has 0 radical (unpaired) electrons. The molecule has 3 aromatic carbocycles. The molecule has 0 atom stereocenters. The van der Waals surface area contributed by atoms with Crippen molar-refractivity contribution < 1.29 is 4.42 Å². The Labute approximate surface area is 156 Å². The van der Waals surface area contributed by atoms with Crippen LogP contribution in [-0.2, 0) is 6.42 Å². The van der Waals surface area contributed by atoms with Crippen LogP contribution in [0.2, 0.25) is 0 Å². The van der Waals surface area contributed by atoms with Crippen molar-refractivity contribution in [1.29, 1.82) is 0 Å². The lowest BCUT2D eigenvalue weighted by molar-refractivity contribution is 0.612. The smallest absolute Gasteiger partial charge is 0.246 e. The fourth-order valence-corrected chi connectivity index (χ4v) is 3.21. The standard InChI is InChI=1S/C23H17N3O/c1-4-10-17(11-5-1)16-20-23-26(21(24-20)18-12-6-2-7-13-18)25-22(27-23)19-14-8-3-9-15-19/h1-15H,16H2. The molecule has 4 heteroatoms. The number of benzene rings is 3. The fourth-order valence-electron chi connectivity index (χ4n) is 3.21. The van der Waals surface area contributed by atoms with E-state index in [0.717, 1.165) is 22.6 Å². The quantitative estimate of drug-likeness (QED) is 0.444. The van der Waals surface area contributed by atoms with Crippen LogP contribution in [-0.4, -0.2) is 14.6 Å². The van der Waals surface area contributed by atoms with Crippen LogP contribution in [0.1, 0.15) is 11.3 Å². The summed E-state index contributed by atoms with van der Waals surface area (Å²) in [6.45, 7) is 0.